The minimum absolute atomic E-state index is 0.763. The summed E-state index contributed by atoms with van der Waals surface area (Å²) in [4.78, 5) is 4.33. The molecule has 0 atom stereocenters. The summed E-state index contributed by atoms with van der Waals surface area (Å²) in [7, 11) is 0. The summed E-state index contributed by atoms with van der Waals surface area (Å²) in [6, 6.07) is 25.0. The van der Waals surface area contributed by atoms with Gasteiger partial charge in [0.05, 0.1) is 0 Å². The number of rotatable bonds is 5. The number of hydrogen-bond acceptors (Lipinski definition) is 2. The molecule has 1 N–H and O–H groups in total. The molecule has 0 fully saturated rings. The Morgan fingerprint density at radius 2 is 1.62 bits per heavy atom. The Hall–Kier alpha value is -3.07. The van der Waals surface area contributed by atoms with Crippen LogP contribution in [0.25, 0.3) is 10.9 Å². The molecular formula is C21H19N3. The molecule has 0 unspecified atom stereocenters. The fraction of sp³-hybridized carbons (Fsp3) is 0.0952. The average molecular weight is 313 g/mol. The van der Waals surface area contributed by atoms with Crippen LogP contribution >= 0.6 is 0 Å². The van der Waals surface area contributed by atoms with Gasteiger partial charge in [-0.3, -0.25) is 0 Å². The van der Waals surface area contributed by atoms with Gasteiger partial charge in [0.15, 0.2) is 0 Å². The minimum atomic E-state index is 0.763. The van der Waals surface area contributed by atoms with Crippen LogP contribution in [0.1, 0.15) is 11.1 Å². The van der Waals surface area contributed by atoms with E-state index in [1.54, 1.807) is 6.20 Å². The minimum Gasteiger partial charge on any atom is -0.366 e. The van der Waals surface area contributed by atoms with Gasteiger partial charge >= 0.3 is 0 Å². The molecule has 24 heavy (non-hydrogen) atoms. The summed E-state index contributed by atoms with van der Waals surface area (Å²) in [6.07, 6.45) is 4.05. The molecule has 0 aliphatic carbocycles. The third-order valence-electron chi connectivity index (χ3n) is 4.19. The van der Waals surface area contributed by atoms with E-state index in [0.717, 1.165) is 18.9 Å². The van der Waals surface area contributed by atoms with Crippen molar-refractivity contribution in [2.24, 2.45) is 0 Å². The van der Waals surface area contributed by atoms with E-state index in [4.69, 9.17) is 0 Å². The van der Waals surface area contributed by atoms with Gasteiger partial charge in [-0.25, -0.2) is 4.98 Å². The second-order valence-corrected chi connectivity index (χ2v) is 5.85. The van der Waals surface area contributed by atoms with E-state index in [1.165, 1.54) is 22.0 Å². The van der Waals surface area contributed by atoms with Crippen LogP contribution in [0, 0.1) is 0 Å². The number of benzene rings is 2. The molecule has 0 radical (unpaired) electrons. The number of aromatic nitrogens is 2. The van der Waals surface area contributed by atoms with Crippen molar-refractivity contribution in [1.82, 2.24) is 9.55 Å². The molecule has 2 aromatic carbocycles. The van der Waals surface area contributed by atoms with E-state index in [0.29, 0.717) is 0 Å². The molecule has 2 heterocycles. The maximum absolute atomic E-state index is 4.33. The van der Waals surface area contributed by atoms with Gasteiger partial charge in [-0.1, -0.05) is 54.6 Å². The molecular weight excluding hydrogens is 294 g/mol. The van der Waals surface area contributed by atoms with Gasteiger partial charge in [0.2, 0.25) is 0 Å². The van der Waals surface area contributed by atoms with Gasteiger partial charge in [-0.15, -0.1) is 0 Å². The number of hydrogen-bond donors (Lipinski definition) is 1. The zero-order valence-corrected chi connectivity index (χ0v) is 13.4. The monoisotopic (exact) mass is 313 g/mol. The fourth-order valence-corrected chi connectivity index (χ4v) is 3.03. The number of fused-ring (bicyclic) bond motifs is 1. The van der Waals surface area contributed by atoms with E-state index in [9.17, 15) is 0 Å². The molecule has 3 heteroatoms. The highest BCUT2D eigenvalue weighted by Crippen LogP contribution is 2.23. The van der Waals surface area contributed by atoms with Gasteiger partial charge in [0.25, 0.3) is 0 Å². The molecule has 0 aliphatic rings. The Morgan fingerprint density at radius 3 is 2.46 bits per heavy atom. The summed E-state index contributed by atoms with van der Waals surface area (Å²) in [5.74, 6) is 0.900. The zero-order chi connectivity index (χ0) is 16.2. The fourth-order valence-electron chi connectivity index (χ4n) is 3.03. The average Bonchev–Trinajstić information content (AvgIpc) is 3.00. The second-order valence-electron chi connectivity index (χ2n) is 5.85. The van der Waals surface area contributed by atoms with Gasteiger partial charge in [0, 0.05) is 36.4 Å². The Morgan fingerprint density at radius 1 is 0.833 bits per heavy atom. The zero-order valence-electron chi connectivity index (χ0n) is 13.4. The van der Waals surface area contributed by atoms with E-state index in [2.05, 4.69) is 75.7 Å². The molecule has 3 nitrogen and oxygen atoms in total. The van der Waals surface area contributed by atoms with Crippen molar-refractivity contribution in [3.05, 3.63) is 96.3 Å². The lowest BCUT2D eigenvalue weighted by Gasteiger charge is -2.05. The first kappa shape index (κ1) is 14.5. The van der Waals surface area contributed by atoms with Crippen LogP contribution in [0.4, 0.5) is 5.82 Å². The third kappa shape index (κ3) is 3.01. The highest BCUT2D eigenvalue weighted by Gasteiger charge is 2.08. The molecule has 0 saturated heterocycles. The highest BCUT2D eigenvalue weighted by molar-refractivity contribution is 5.84. The largest absolute Gasteiger partial charge is 0.366 e. The lowest BCUT2D eigenvalue weighted by molar-refractivity contribution is 0.831. The normalized spacial score (nSPS) is 10.8. The lowest BCUT2D eigenvalue weighted by Crippen LogP contribution is -2.01. The van der Waals surface area contributed by atoms with E-state index < -0.39 is 0 Å². The molecule has 0 saturated carbocycles. The number of para-hydroxylation sites is 1. The Balaban J connectivity index is 1.64. The molecule has 0 spiro atoms. The number of nitrogens with one attached hydrogen (secondary N) is 1. The summed E-state index contributed by atoms with van der Waals surface area (Å²) < 4.78 is 2.32. The Bertz CT molecular complexity index is 927. The van der Waals surface area contributed by atoms with Crippen molar-refractivity contribution in [2.75, 3.05) is 5.32 Å². The lowest BCUT2D eigenvalue weighted by atomic mass is 10.2. The van der Waals surface area contributed by atoms with Crippen LogP contribution in [-0.4, -0.2) is 9.55 Å². The van der Waals surface area contributed by atoms with Crippen LogP contribution in [-0.2, 0) is 13.1 Å². The smallest absolute Gasteiger partial charge is 0.126 e. The van der Waals surface area contributed by atoms with Crippen LogP contribution < -0.4 is 5.32 Å². The van der Waals surface area contributed by atoms with Gasteiger partial charge in [0.1, 0.15) is 5.82 Å². The molecule has 4 aromatic rings. The summed E-state index contributed by atoms with van der Waals surface area (Å²) in [6.45, 7) is 1.64. The predicted molar refractivity (Wildman–Crippen MR) is 99.0 cm³/mol. The van der Waals surface area contributed by atoms with E-state index in [1.807, 2.05) is 18.2 Å². The summed E-state index contributed by atoms with van der Waals surface area (Å²) >= 11 is 0. The topological polar surface area (TPSA) is 29.9 Å². The maximum atomic E-state index is 4.33. The van der Waals surface area contributed by atoms with Gasteiger partial charge in [-0.2, -0.15) is 0 Å². The third-order valence-corrected chi connectivity index (χ3v) is 4.19. The number of pyridine rings is 1. The Kier molecular flexibility index (Phi) is 3.98. The van der Waals surface area contributed by atoms with Crippen molar-refractivity contribution >= 4 is 16.7 Å². The van der Waals surface area contributed by atoms with Crippen molar-refractivity contribution in [2.45, 2.75) is 13.1 Å². The van der Waals surface area contributed by atoms with Crippen LogP contribution in [0.2, 0.25) is 0 Å². The quantitative estimate of drug-likeness (QED) is 0.579. The van der Waals surface area contributed by atoms with Crippen molar-refractivity contribution in [1.29, 1.82) is 0 Å². The molecule has 0 bridgehead atoms. The molecule has 4 rings (SSSR count). The number of nitrogens with zero attached hydrogens (tertiary/aromatic N) is 2. The van der Waals surface area contributed by atoms with Crippen molar-refractivity contribution in [3.63, 3.8) is 0 Å². The van der Waals surface area contributed by atoms with Crippen molar-refractivity contribution in [3.8, 4) is 0 Å². The highest BCUT2D eigenvalue weighted by atomic mass is 15.0. The number of anilines is 1. The Labute approximate surface area is 141 Å². The van der Waals surface area contributed by atoms with Crippen LogP contribution in [0.3, 0.4) is 0 Å². The first-order valence-corrected chi connectivity index (χ1v) is 8.16. The SMILES string of the molecule is c1ccc(Cn2cc(CNc3ccccn3)c3ccccc32)cc1. The van der Waals surface area contributed by atoms with Crippen LogP contribution in [0.5, 0.6) is 0 Å². The predicted octanol–water partition coefficient (Wildman–Crippen LogP) is 4.70. The van der Waals surface area contributed by atoms with Crippen LogP contribution in [0.15, 0.2) is 85.2 Å². The molecule has 118 valence electrons. The summed E-state index contributed by atoms with van der Waals surface area (Å²) in [5.41, 5.74) is 3.86. The summed E-state index contributed by atoms with van der Waals surface area (Å²) in [5, 5.41) is 4.69. The second kappa shape index (κ2) is 6.59. The van der Waals surface area contributed by atoms with E-state index >= 15 is 0 Å². The van der Waals surface area contributed by atoms with Gasteiger partial charge in [-0.05, 0) is 29.3 Å². The first-order valence-electron chi connectivity index (χ1n) is 8.16. The standard InChI is InChI=1S/C21H19N3/c1-2-8-17(9-3-1)15-24-16-18(19-10-4-5-11-20(19)24)14-23-21-12-6-7-13-22-21/h1-13,16H,14-15H2,(H,22,23). The molecule has 0 aliphatic heterocycles. The maximum Gasteiger partial charge on any atom is 0.126 e. The molecule has 2 aromatic heterocycles. The molecule has 0 amide bonds. The van der Waals surface area contributed by atoms with Crippen molar-refractivity contribution < 1.29 is 0 Å². The first-order chi connectivity index (χ1) is 11.9. The van der Waals surface area contributed by atoms with E-state index in [-0.39, 0.29) is 0 Å². The van der Waals surface area contributed by atoms with Gasteiger partial charge < -0.3 is 9.88 Å².